The number of Topliss-reactive ketones (excluding diaryl/α,β-unsaturated/α-hetero) is 1. The fraction of sp³-hybridized carbons (Fsp3) is 0.517. The molecule has 2 heterocycles. The minimum Gasteiger partial charge on any atom is -0.489 e. The molecule has 0 radical (unpaired) electrons. The number of benzene rings is 2. The number of ether oxygens (including phenoxy) is 1. The Kier molecular flexibility index (Phi) is 7.75. The minimum absolute atomic E-state index is 0.207. The molecule has 3 fully saturated rings. The summed E-state index contributed by atoms with van der Waals surface area (Å²) >= 11 is 6.52. The predicted molar refractivity (Wildman–Crippen MR) is 144 cm³/mol. The molecule has 2 saturated heterocycles. The average Bonchev–Trinajstić information content (AvgIpc) is 3.57. The van der Waals surface area contributed by atoms with E-state index in [4.69, 9.17) is 16.3 Å². The van der Waals surface area contributed by atoms with Gasteiger partial charge < -0.3 is 20.1 Å². The Hall–Kier alpha value is -2.61. The number of nitrogens with one attached hydrogen (secondary N) is 1. The molecule has 1 amide bonds. The van der Waals surface area contributed by atoms with E-state index < -0.39 is 23.5 Å². The van der Waals surface area contributed by atoms with Crippen molar-refractivity contribution in [2.75, 3.05) is 31.1 Å². The number of rotatable bonds is 9. The van der Waals surface area contributed by atoms with E-state index in [0.717, 1.165) is 44.5 Å². The molecule has 7 nitrogen and oxygen atoms in total. The molecule has 2 aromatic carbocycles. The number of carbonyl (C=O) groups is 2. The Morgan fingerprint density at radius 2 is 1.65 bits per heavy atom. The first-order chi connectivity index (χ1) is 17.9. The number of amides is 1. The third-order valence-electron chi connectivity index (χ3n) is 7.77. The number of piperidine rings is 1. The van der Waals surface area contributed by atoms with Crippen LogP contribution in [0.4, 0.5) is 5.69 Å². The summed E-state index contributed by atoms with van der Waals surface area (Å²) in [7, 11) is 0. The number of hydrogen-bond donors (Lipinski definition) is 2. The monoisotopic (exact) mass is 525 g/mol. The van der Waals surface area contributed by atoms with E-state index in [1.165, 1.54) is 19.3 Å². The van der Waals surface area contributed by atoms with E-state index in [2.05, 4.69) is 10.2 Å². The van der Waals surface area contributed by atoms with Crippen molar-refractivity contribution >= 4 is 29.0 Å². The molecule has 5 rings (SSSR count). The van der Waals surface area contributed by atoms with Crippen molar-refractivity contribution in [1.29, 1.82) is 0 Å². The van der Waals surface area contributed by atoms with E-state index >= 15 is 0 Å². The maximum absolute atomic E-state index is 13.0. The third-order valence-corrected chi connectivity index (χ3v) is 8.07. The van der Waals surface area contributed by atoms with Crippen LogP contribution in [0.15, 0.2) is 42.5 Å². The van der Waals surface area contributed by atoms with Crippen molar-refractivity contribution in [3.8, 4) is 5.75 Å². The Bertz CT molecular complexity index is 1120. The molecule has 0 spiro atoms. The van der Waals surface area contributed by atoms with Crippen LogP contribution in [-0.2, 0) is 10.5 Å². The Morgan fingerprint density at radius 3 is 2.27 bits per heavy atom. The van der Waals surface area contributed by atoms with Crippen LogP contribution in [-0.4, -0.2) is 60.0 Å². The van der Waals surface area contributed by atoms with Crippen LogP contribution in [0.1, 0.15) is 67.8 Å². The topological polar surface area (TPSA) is 82.1 Å². The smallest absolute Gasteiger partial charge is 0.292 e. The second-order valence-corrected chi connectivity index (χ2v) is 10.9. The first-order valence-electron chi connectivity index (χ1n) is 13.5. The van der Waals surface area contributed by atoms with Gasteiger partial charge >= 0.3 is 0 Å². The predicted octanol–water partition coefficient (Wildman–Crippen LogP) is 4.50. The highest BCUT2D eigenvalue weighted by atomic mass is 35.5. The van der Waals surface area contributed by atoms with Crippen molar-refractivity contribution in [3.05, 3.63) is 58.6 Å². The zero-order chi connectivity index (χ0) is 26.0. The fourth-order valence-electron chi connectivity index (χ4n) is 5.42. The molecule has 198 valence electrons. The average molecular weight is 526 g/mol. The largest absolute Gasteiger partial charge is 0.489 e. The lowest BCUT2D eigenvalue weighted by Gasteiger charge is -2.42. The minimum atomic E-state index is -1.52. The summed E-state index contributed by atoms with van der Waals surface area (Å²) in [4.78, 5) is 30.3. The number of aliphatic hydroxyl groups is 1. The Labute approximate surface area is 223 Å². The summed E-state index contributed by atoms with van der Waals surface area (Å²) in [6.45, 7) is 5.11. The maximum atomic E-state index is 13.0. The van der Waals surface area contributed by atoms with Gasteiger partial charge in [-0.15, -0.1) is 0 Å². The van der Waals surface area contributed by atoms with Gasteiger partial charge in [-0.05, 0) is 88.3 Å². The van der Waals surface area contributed by atoms with Crippen LogP contribution in [0.2, 0.25) is 5.02 Å². The van der Waals surface area contributed by atoms with Crippen LogP contribution >= 0.6 is 11.6 Å². The number of anilines is 1. The van der Waals surface area contributed by atoms with Gasteiger partial charge in [0.15, 0.2) is 5.72 Å². The highest BCUT2D eigenvalue weighted by Gasteiger charge is 2.44. The quantitative estimate of drug-likeness (QED) is 0.370. The van der Waals surface area contributed by atoms with Crippen molar-refractivity contribution < 1.29 is 19.4 Å². The lowest BCUT2D eigenvalue weighted by molar-refractivity contribution is -0.139. The first kappa shape index (κ1) is 26.0. The number of hydrogen-bond acceptors (Lipinski definition) is 6. The molecule has 3 aliphatic rings. The number of ketones is 1. The van der Waals surface area contributed by atoms with Crippen LogP contribution in [0.25, 0.3) is 0 Å². The zero-order valence-corrected chi connectivity index (χ0v) is 22.2. The van der Waals surface area contributed by atoms with Gasteiger partial charge in [0.25, 0.3) is 5.91 Å². The molecule has 1 saturated carbocycles. The highest BCUT2D eigenvalue weighted by Crippen LogP contribution is 2.38. The summed E-state index contributed by atoms with van der Waals surface area (Å²) in [5.41, 5.74) is 0.444. The van der Waals surface area contributed by atoms with Crippen molar-refractivity contribution in [3.63, 3.8) is 0 Å². The van der Waals surface area contributed by atoms with Gasteiger partial charge in [-0.2, -0.15) is 0 Å². The van der Waals surface area contributed by atoms with E-state index in [1.54, 1.807) is 37.3 Å². The van der Waals surface area contributed by atoms with E-state index in [9.17, 15) is 14.7 Å². The van der Waals surface area contributed by atoms with Crippen molar-refractivity contribution in [1.82, 2.24) is 10.2 Å². The van der Waals surface area contributed by atoms with Gasteiger partial charge in [0, 0.05) is 43.0 Å². The normalized spacial score (nSPS) is 20.8. The standard InChI is InChI=1S/C29H36ClN3O4/c1-20(31-28(35)27(34)21-7-10-23(11-8-21)32-15-3-2-4-16-32)29(36,33-17-5-6-18-33)22-9-14-26(25(30)19-22)37-24-12-13-24/h7-11,14,19-20,24,36H,2-6,12-13,15-18H2,1H3,(H,31,35)/t20-,29+/m1/s1. The second-order valence-electron chi connectivity index (χ2n) is 10.5. The third kappa shape index (κ3) is 5.64. The lowest BCUT2D eigenvalue weighted by atomic mass is 9.93. The van der Waals surface area contributed by atoms with Gasteiger partial charge in [-0.1, -0.05) is 17.7 Å². The number of nitrogens with zero attached hydrogens (tertiary/aromatic N) is 2. The molecule has 0 unspecified atom stereocenters. The summed E-state index contributed by atoms with van der Waals surface area (Å²) in [5, 5.41) is 15.2. The summed E-state index contributed by atoms with van der Waals surface area (Å²) < 4.78 is 5.86. The van der Waals surface area contributed by atoms with E-state index in [0.29, 0.717) is 35.0 Å². The number of carbonyl (C=O) groups excluding carboxylic acids is 2. The molecule has 2 aliphatic heterocycles. The fourth-order valence-corrected chi connectivity index (χ4v) is 5.65. The van der Waals surface area contributed by atoms with Crippen molar-refractivity contribution in [2.24, 2.45) is 0 Å². The molecule has 0 aromatic heterocycles. The molecule has 2 aromatic rings. The second kappa shape index (κ2) is 11.0. The Balaban J connectivity index is 1.31. The molecule has 2 atom stereocenters. The lowest BCUT2D eigenvalue weighted by Crippen LogP contribution is -2.59. The molecular weight excluding hydrogens is 490 g/mol. The molecule has 37 heavy (non-hydrogen) atoms. The van der Waals surface area contributed by atoms with Gasteiger partial charge in [-0.3, -0.25) is 14.5 Å². The van der Waals surface area contributed by atoms with Crippen LogP contribution in [0, 0.1) is 0 Å². The zero-order valence-electron chi connectivity index (χ0n) is 21.4. The van der Waals surface area contributed by atoms with Crippen molar-refractivity contribution in [2.45, 2.75) is 69.7 Å². The summed E-state index contributed by atoms with van der Waals surface area (Å²) in [6.07, 6.45) is 7.73. The highest BCUT2D eigenvalue weighted by molar-refractivity contribution is 6.42. The summed E-state index contributed by atoms with van der Waals surface area (Å²) in [5.74, 6) is -0.765. The first-order valence-corrected chi connectivity index (χ1v) is 13.9. The van der Waals surface area contributed by atoms with Gasteiger partial charge in [0.05, 0.1) is 17.2 Å². The van der Waals surface area contributed by atoms with Gasteiger partial charge in [0.1, 0.15) is 5.75 Å². The van der Waals surface area contributed by atoms with Crippen LogP contribution in [0.5, 0.6) is 5.75 Å². The Morgan fingerprint density at radius 1 is 1.00 bits per heavy atom. The number of likely N-dealkylation sites (tertiary alicyclic amines) is 1. The molecule has 0 bridgehead atoms. The molecule has 2 N–H and O–H groups in total. The SMILES string of the molecule is C[C@@H](NC(=O)C(=O)c1ccc(N2CCCCC2)cc1)[C@](O)(c1ccc(OC2CC2)c(Cl)c1)N1CCCC1. The molecular formula is C29H36ClN3O4. The summed E-state index contributed by atoms with van der Waals surface area (Å²) in [6, 6.07) is 11.8. The molecule has 8 heteroatoms. The van der Waals surface area contributed by atoms with E-state index in [-0.39, 0.29) is 6.10 Å². The maximum Gasteiger partial charge on any atom is 0.292 e. The van der Waals surface area contributed by atoms with E-state index in [1.807, 2.05) is 17.0 Å². The van der Waals surface area contributed by atoms with Gasteiger partial charge in [-0.25, -0.2) is 0 Å². The van der Waals surface area contributed by atoms with Crippen LogP contribution < -0.4 is 15.0 Å². The van der Waals surface area contributed by atoms with Crippen LogP contribution in [0.3, 0.4) is 0 Å². The molecule has 1 aliphatic carbocycles. The van der Waals surface area contributed by atoms with Gasteiger partial charge in [0.2, 0.25) is 5.78 Å². The number of halogens is 1.